The molecule has 0 unspecified atom stereocenters. The lowest BCUT2D eigenvalue weighted by molar-refractivity contribution is -0.172. The standard InChI is InChI=1S/C34H34O8/c1-18(2)10-11-21-26(35)15-27-28(29(21)36)30(37)24-14-22-23(16-40-32(39)20-8-6-5-7-9-20)25-17-41-33(31(22)38,13-12-19(3)4)34(24,25)42-27/h5-10,12,14-15,22-23,25,35-36H,11,13,16-17H2,1-4H3/t22-,23+,25-,33+,34-/m1/s1. The molecule has 1 saturated heterocycles. The Morgan fingerprint density at radius 1 is 1.07 bits per heavy atom. The van der Waals surface area contributed by atoms with Crippen LogP contribution in [-0.4, -0.2) is 52.2 Å². The van der Waals surface area contributed by atoms with Gasteiger partial charge in [-0.3, -0.25) is 9.59 Å². The third-order valence-corrected chi connectivity index (χ3v) is 9.07. The largest absolute Gasteiger partial charge is 0.507 e. The first-order valence-electron chi connectivity index (χ1n) is 14.2. The van der Waals surface area contributed by atoms with Crippen LogP contribution in [0, 0.1) is 17.8 Å². The van der Waals surface area contributed by atoms with Gasteiger partial charge in [0.15, 0.2) is 22.8 Å². The molecule has 0 radical (unpaired) electrons. The summed E-state index contributed by atoms with van der Waals surface area (Å²) in [6.07, 6.45) is 5.80. The van der Waals surface area contributed by atoms with E-state index in [-0.39, 0.29) is 65.8 Å². The van der Waals surface area contributed by atoms with Crippen LogP contribution in [0.4, 0.5) is 0 Å². The molecule has 8 heteroatoms. The van der Waals surface area contributed by atoms with E-state index in [4.69, 9.17) is 14.2 Å². The van der Waals surface area contributed by atoms with E-state index in [1.807, 2.05) is 39.8 Å². The molecule has 7 rings (SSSR count). The zero-order valence-corrected chi connectivity index (χ0v) is 24.1. The lowest BCUT2D eigenvalue weighted by atomic mass is 9.49. The number of ether oxygens (including phenoxy) is 3. The maximum absolute atomic E-state index is 14.3. The molecule has 2 fully saturated rings. The zero-order chi connectivity index (χ0) is 30.0. The number of fused-ring (bicyclic) bond motifs is 1. The summed E-state index contributed by atoms with van der Waals surface area (Å²) in [5, 5.41) is 22.1. The second-order valence-corrected chi connectivity index (χ2v) is 12.1. The fraction of sp³-hybridized carbons (Fsp3) is 0.382. The fourth-order valence-corrected chi connectivity index (χ4v) is 7.02. The molecule has 2 aliphatic heterocycles. The van der Waals surface area contributed by atoms with Crippen LogP contribution >= 0.6 is 0 Å². The predicted octanol–water partition coefficient (Wildman–Crippen LogP) is 5.27. The molecule has 42 heavy (non-hydrogen) atoms. The highest BCUT2D eigenvalue weighted by Crippen LogP contribution is 2.65. The number of phenolic OH excluding ortho intramolecular Hbond substituents is 2. The third kappa shape index (κ3) is 3.88. The van der Waals surface area contributed by atoms with Crippen molar-refractivity contribution >= 4 is 17.5 Å². The second-order valence-electron chi connectivity index (χ2n) is 12.1. The number of rotatable bonds is 7. The fourth-order valence-electron chi connectivity index (χ4n) is 7.02. The third-order valence-electron chi connectivity index (χ3n) is 9.07. The molecule has 0 aromatic heterocycles. The van der Waals surface area contributed by atoms with E-state index in [0.29, 0.717) is 5.56 Å². The average Bonchev–Trinajstić information content (AvgIpc) is 3.23. The van der Waals surface area contributed by atoms with Gasteiger partial charge in [0, 0.05) is 41.4 Å². The van der Waals surface area contributed by atoms with Crippen LogP contribution in [0.15, 0.2) is 71.3 Å². The molecule has 5 aliphatic rings. The number of allylic oxidation sites excluding steroid dienone is 4. The molecule has 5 atom stereocenters. The number of ketones is 2. The number of esters is 1. The minimum Gasteiger partial charge on any atom is -0.507 e. The van der Waals surface area contributed by atoms with Gasteiger partial charge < -0.3 is 24.4 Å². The number of aromatic hydroxyl groups is 2. The molecule has 218 valence electrons. The Labute approximate surface area is 244 Å². The predicted molar refractivity (Wildman–Crippen MR) is 154 cm³/mol. The minimum absolute atomic E-state index is 0.00152. The highest BCUT2D eigenvalue weighted by Gasteiger charge is 2.79. The quantitative estimate of drug-likeness (QED) is 0.341. The molecular weight excluding hydrogens is 536 g/mol. The van der Waals surface area contributed by atoms with Crippen molar-refractivity contribution in [2.75, 3.05) is 13.2 Å². The number of carbonyl (C=O) groups is 3. The number of hydrogen-bond donors (Lipinski definition) is 2. The van der Waals surface area contributed by atoms with Gasteiger partial charge in [-0.15, -0.1) is 0 Å². The maximum atomic E-state index is 14.3. The first-order chi connectivity index (χ1) is 20.0. The van der Waals surface area contributed by atoms with Crippen molar-refractivity contribution in [1.29, 1.82) is 0 Å². The monoisotopic (exact) mass is 570 g/mol. The Bertz CT molecular complexity index is 1590. The molecule has 4 bridgehead atoms. The lowest BCUT2D eigenvalue weighted by Crippen LogP contribution is -2.74. The Hall–Kier alpha value is -4.17. The number of benzene rings is 2. The Balaban J connectivity index is 1.46. The van der Waals surface area contributed by atoms with Crippen molar-refractivity contribution in [2.45, 2.75) is 51.7 Å². The van der Waals surface area contributed by atoms with Crippen LogP contribution in [0.1, 0.15) is 60.4 Å². The van der Waals surface area contributed by atoms with E-state index in [9.17, 15) is 24.6 Å². The summed E-state index contributed by atoms with van der Waals surface area (Å²) in [7, 11) is 0. The molecule has 2 aromatic rings. The lowest BCUT2D eigenvalue weighted by Gasteiger charge is -2.58. The van der Waals surface area contributed by atoms with Gasteiger partial charge in [-0.2, -0.15) is 0 Å². The molecule has 8 nitrogen and oxygen atoms in total. The summed E-state index contributed by atoms with van der Waals surface area (Å²) in [6, 6.07) is 9.95. The normalized spacial score (nSPS) is 28.3. The van der Waals surface area contributed by atoms with Crippen molar-refractivity contribution in [2.24, 2.45) is 17.8 Å². The van der Waals surface area contributed by atoms with Crippen molar-refractivity contribution in [3.8, 4) is 17.2 Å². The van der Waals surface area contributed by atoms with Gasteiger partial charge in [-0.1, -0.05) is 47.6 Å². The van der Waals surface area contributed by atoms with Gasteiger partial charge in [0.2, 0.25) is 0 Å². The minimum atomic E-state index is -1.51. The topological polar surface area (TPSA) is 119 Å². The van der Waals surface area contributed by atoms with E-state index >= 15 is 0 Å². The first-order valence-corrected chi connectivity index (χ1v) is 14.2. The van der Waals surface area contributed by atoms with Gasteiger partial charge in [0.1, 0.15) is 22.8 Å². The molecule has 2 aromatic carbocycles. The summed E-state index contributed by atoms with van der Waals surface area (Å²) < 4.78 is 18.8. The van der Waals surface area contributed by atoms with Crippen LogP contribution in [0.3, 0.4) is 0 Å². The van der Waals surface area contributed by atoms with Crippen molar-refractivity contribution in [3.63, 3.8) is 0 Å². The number of hydrogen-bond acceptors (Lipinski definition) is 8. The van der Waals surface area contributed by atoms with E-state index in [0.717, 1.165) is 11.1 Å². The summed E-state index contributed by atoms with van der Waals surface area (Å²) in [5.41, 5.74) is -0.176. The van der Waals surface area contributed by atoms with Crippen LogP contribution in [0.5, 0.6) is 17.2 Å². The Kier molecular flexibility index (Phi) is 6.65. The van der Waals surface area contributed by atoms with Crippen LogP contribution < -0.4 is 4.74 Å². The number of Topliss-reactive ketones (excluding diaryl/α,β-unsaturated/α-hetero) is 2. The van der Waals surface area contributed by atoms with Crippen molar-refractivity contribution in [3.05, 3.63) is 88.0 Å². The van der Waals surface area contributed by atoms with Gasteiger partial charge in [-0.05, 0) is 46.2 Å². The first kappa shape index (κ1) is 28.0. The van der Waals surface area contributed by atoms with E-state index in [1.54, 1.807) is 36.4 Å². The smallest absolute Gasteiger partial charge is 0.338 e. The van der Waals surface area contributed by atoms with Gasteiger partial charge in [-0.25, -0.2) is 4.79 Å². The van der Waals surface area contributed by atoms with Crippen molar-refractivity contribution < 1.29 is 38.8 Å². The van der Waals surface area contributed by atoms with E-state index in [2.05, 4.69) is 0 Å². The SMILES string of the molecule is CC(C)=CCc1c(O)cc2c(c1O)C(=O)C1=C[C@H]3C(=O)[C@]4(CC=C(C)C)OC[C@H]([C@H]3COC(=O)c3ccccc3)[C@]14O2. The highest BCUT2D eigenvalue weighted by molar-refractivity contribution is 6.18. The summed E-state index contributed by atoms with van der Waals surface area (Å²) in [4.78, 5) is 41.3. The van der Waals surface area contributed by atoms with Gasteiger partial charge in [0.05, 0.1) is 18.8 Å². The molecule has 2 heterocycles. The van der Waals surface area contributed by atoms with E-state index < -0.39 is 40.7 Å². The maximum Gasteiger partial charge on any atom is 0.338 e. The van der Waals surface area contributed by atoms with Crippen molar-refractivity contribution in [1.82, 2.24) is 0 Å². The number of carbonyl (C=O) groups excluding carboxylic acids is 3. The molecular formula is C34H34O8. The summed E-state index contributed by atoms with van der Waals surface area (Å²) in [6.45, 7) is 7.69. The molecule has 0 amide bonds. The zero-order valence-electron chi connectivity index (χ0n) is 24.1. The van der Waals surface area contributed by atoms with Crippen LogP contribution in [0.2, 0.25) is 0 Å². The molecule has 1 saturated carbocycles. The molecule has 2 N–H and O–H groups in total. The van der Waals surface area contributed by atoms with Crippen LogP contribution in [-0.2, 0) is 20.7 Å². The Morgan fingerprint density at radius 3 is 2.48 bits per heavy atom. The second kappa shape index (κ2) is 9.98. The average molecular weight is 571 g/mol. The molecule has 1 spiro atoms. The van der Waals surface area contributed by atoms with Crippen LogP contribution in [0.25, 0.3) is 0 Å². The summed E-state index contributed by atoms with van der Waals surface area (Å²) in [5.74, 6) is -3.49. The summed E-state index contributed by atoms with van der Waals surface area (Å²) >= 11 is 0. The van der Waals surface area contributed by atoms with Gasteiger partial charge in [0.25, 0.3) is 0 Å². The highest BCUT2D eigenvalue weighted by atomic mass is 16.6. The number of phenols is 2. The molecule has 3 aliphatic carbocycles. The van der Waals surface area contributed by atoms with Gasteiger partial charge >= 0.3 is 5.97 Å². The Morgan fingerprint density at radius 2 is 1.79 bits per heavy atom. The van der Waals surface area contributed by atoms with E-state index in [1.165, 1.54) is 6.07 Å².